The fourth-order valence-electron chi connectivity index (χ4n) is 3.30. The van der Waals surface area contributed by atoms with E-state index in [9.17, 15) is 5.11 Å². The predicted molar refractivity (Wildman–Crippen MR) is 86.4 cm³/mol. The Balaban J connectivity index is 0.00000180. The molecule has 2 rings (SSSR count). The van der Waals surface area contributed by atoms with Gasteiger partial charge in [-0.1, -0.05) is 26.0 Å². The molecule has 1 saturated heterocycles. The highest BCUT2D eigenvalue weighted by Crippen LogP contribution is 2.38. The molecule has 0 aliphatic carbocycles. The number of nitrogens with zero attached hydrogens (tertiary/aromatic N) is 1. The molecule has 2 nitrogen and oxygen atoms in total. The van der Waals surface area contributed by atoms with Crippen molar-refractivity contribution in [1.29, 1.82) is 0 Å². The largest absolute Gasteiger partial charge is 0.508 e. The molecule has 1 unspecified atom stereocenters. The van der Waals surface area contributed by atoms with E-state index in [1.165, 1.54) is 37.9 Å². The Morgan fingerprint density at radius 3 is 2.74 bits per heavy atom. The lowest BCUT2D eigenvalue weighted by Gasteiger charge is -2.43. The second-order valence-corrected chi connectivity index (χ2v) is 5.56. The summed E-state index contributed by atoms with van der Waals surface area (Å²) in [6, 6.07) is 7.87. The van der Waals surface area contributed by atoms with E-state index in [4.69, 9.17) is 0 Å². The first-order valence-corrected chi connectivity index (χ1v) is 7.22. The highest BCUT2D eigenvalue weighted by atomic mass is 79.9. The van der Waals surface area contributed by atoms with Crippen LogP contribution in [-0.4, -0.2) is 29.6 Å². The van der Waals surface area contributed by atoms with Gasteiger partial charge in [-0.25, -0.2) is 0 Å². The fraction of sp³-hybridized carbons (Fsp3) is 0.625. The summed E-state index contributed by atoms with van der Waals surface area (Å²) in [5, 5.41) is 9.71. The average molecular weight is 328 g/mol. The number of rotatable bonds is 4. The molecule has 0 bridgehead atoms. The van der Waals surface area contributed by atoms with Gasteiger partial charge >= 0.3 is 0 Å². The molecule has 1 N–H and O–H groups in total. The van der Waals surface area contributed by atoms with E-state index >= 15 is 0 Å². The summed E-state index contributed by atoms with van der Waals surface area (Å²) >= 11 is 0. The highest BCUT2D eigenvalue weighted by molar-refractivity contribution is 8.93. The summed E-state index contributed by atoms with van der Waals surface area (Å²) in [5.41, 5.74) is 1.55. The molecule has 0 saturated carbocycles. The fourth-order valence-corrected chi connectivity index (χ4v) is 3.30. The minimum Gasteiger partial charge on any atom is -0.508 e. The SMILES string of the molecule is Br.CCCN1CCCC(CC)(c2cccc(O)c2)C1. The Bertz CT molecular complexity index is 394. The van der Waals surface area contributed by atoms with E-state index in [0.717, 1.165) is 13.0 Å². The molecule has 1 aliphatic rings. The van der Waals surface area contributed by atoms with Crippen molar-refractivity contribution in [3.8, 4) is 5.75 Å². The third kappa shape index (κ3) is 3.73. The number of benzene rings is 1. The third-order valence-corrected chi connectivity index (χ3v) is 4.33. The zero-order valence-corrected chi connectivity index (χ0v) is 13.8. The molecule has 108 valence electrons. The standard InChI is InChI=1S/C16H25NO.BrH/c1-3-10-17-11-6-9-16(4-2,13-17)14-7-5-8-15(18)12-14;/h5,7-8,12,18H,3-4,6,9-11,13H2,1-2H3;1H. The van der Waals surface area contributed by atoms with Crippen LogP contribution < -0.4 is 0 Å². The maximum Gasteiger partial charge on any atom is 0.115 e. The Labute approximate surface area is 127 Å². The highest BCUT2D eigenvalue weighted by Gasteiger charge is 2.35. The second kappa shape index (κ2) is 7.30. The third-order valence-electron chi connectivity index (χ3n) is 4.33. The summed E-state index contributed by atoms with van der Waals surface area (Å²) in [5.74, 6) is 0.396. The number of phenolic OH excluding ortho intramolecular Hbond substituents is 1. The van der Waals surface area contributed by atoms with E-state index in [0.29, 0.717) is 5.75 Å². The van der Waals surface area contributed by atoms with Gasteiger partial charge in [-0.15, -0.1) is 17.0 Å². The first-order valence-electron chi connectivity index (χ1n) is 7.22. The molecule has 1 heterocycles. The number of phenols is 1. The van der Waals surface area contributed by atoms with Crippen molar-refractivity contribution in [3.63, 3.8) is 0 Å². The summed E-state index contributed by atoms with van der Waals surface area (Å²) < 4.78 is 0. The lowest BCUT2D eigenvalue weighted by Crippen LogP contribution is -2.46. The minimum absolute atomic E-state index is 0. The topological polar surface area (TPSA) is 23.5 Å². The van der Waals surface area contributed by atoms with Gasteiger partial charge in [-0.05, 0) is 56.5 Å². The smallest absolute Gasteiger partial charge is 0.115 e. The average Bonchev–Trinajstić information content (AvgIpc) is 2.39. The molecule has 1 fully saturated rings. The Morgan fingerprint density at radius 1 is 1.32 bits per heavy atom. The number of likely N-dealkylation sites (tertiary alicyclic amines) is 1. The lowest BCUT2D eigenvalue weighted by atomic mass is 9.72. The number of piperidine rings is 1. The van der Waals surface area contributed by atoms with Gasteiger partial charge in [0, 0.05) is 12.0 Å². The predicted octanol–water partition coefficient (Wildman–Crippen LogP) is 4.12. The van der Waals surface area contributed by atoms with Crippen LogP contribution in [-0.2, 0) is 5.41 Å². The van der Waals surface area contributed by atoms with Crippen LogP contribution in [0.25, 0.3) is 0 Å². The molecular weight excluding hydrogens is 302 g/mol. The number of hydrogen-bond donors (Lipinski definition) is 1. The van der Waals surface area contributed by atoms with E-state index in [1.54, 1.807) is 6.07 Å². The van der Waals surface area contributed by atoms with Crippen LogP contribution in [0.5, 0.6) is 5.75 Å². The Morgan fingerprint density at radius 2 is 2.11 bits per heavy atom. The first kappa shape index (κ1) is 16.5. The summed E-state index contributed by atoms with van der Waals surface area (Å²) in [6.07, 6.45) is 4.88. The van der Waals surface area contributed by atoms with E-state index < -0.39 is 0 Å². The monoisotopic (exact) mass is 327 g/mol. The van der Waals surface area contributed by atoms with E-state index in [1.807, 2.05) is 12.1 Å². The van der Waals surface area contributed by atoms with Crippen LogP contribution in [0.2, 0.25) is 0 Å². The molecule has 0 amide bonds. The first-order chi connectivity index (χ1) is 8.70. The van der Waals surface area contributed by atoms with Gasteiger partial charge in [0.1, 0.15) is 5.75 Å². The molecule has 3 heteroatoms. The lowest BCUT2D eigenvalue weighted by molar-refractivity contribution is 0.142. The van der Waals surface area contributed by atoms with Crippen molar-refractivity contribution < 1.29 is 5.11 Å². The van der Waals surface area contributed by atoms with Crippen LogP contribution in [0.3, 0.4) is 0 Å². The summed E-state index contributed by atoms with van der Waals surface area (Å²) in [6.45, 7) is 8.09. The second-order valence-electron chi connectivity index (χ2n) is 5.56. The number of halogens is 1. The maximum atomic E-state index is 9.71. The zero-order valence-electron chi connectivity index (χ0n) is 12.1. The van der Waals surface area contributed by atoms with Crippen molar-refractivity contribution in [2.45, 2.75) is 44.9 Å². The van der Waals surface area contributed by atoms with Crippen LogP contribution in [0.1, 0.15) is 45.1 Å². The van der Waals surface area contributed by atoms with Gasteiger partial charge < -0.3 is 10.0 Å². The molecule has 1 atom stereocenters. The summed E-state index contributed by atoms with van der Waals surface area (Å²) in [7, 11) is 0. The minimum atomic E-state index is 0. The van der Waals surface area contributed by atoms with Crippen LogP contribution in [0.15, 0.2) is 24.3 Å². The molecule has 0 spiro atoms. The number of hydrogen-bond acceptors (Lipinski definition) is 2. The quantitative estimate of drug-likeness (QED) is 0.898. The van der Waals surface area contributed by atoms with Crippen LogP contribution in [0, 0.1) is 0 Å². The molecule has 1 aliphatic heterocycles. The van der Waals surface area contributed by atoms with Crippen LogP contribution in [0.4, 0.5) is 0 Å². The molecule has 1 aromatic rings. The van der Waals surface area contributed by atoms with Crippen molar-refractivity contribution in [3.05, 3.63) is 29.8 Å². The molecule has 19 heavy (non-hydrogen) atoms. The van der Waals surface area contributed by atoms with Gasteiger partial charge in [0.15, 0.2) is 0 Å². The molecular formula is C16H26BrNO. The maximum absolute atomic E-state index is 9.71. The van der Waals surface area contributed by atoms with Gasteiger partial charge in [-0.2, -0.15) is 0 Å². The van der Waals surface area contributed by atoms with Gasteiger partial charge in [-0.3, -0.25) is 0 Å². The summed E-state index contributed by atoms with van der Waals surface area (Å²) in [4.78, 5) is 2.58. The van der Waals surface area contributed by atoms with Crippen molar-refractivity contribution in [2.24, 2.45) is 0 Å². The van der Waals surface area contributed by atoms with E-state index in [2.05, 4.69) is 24.8 Å². The van der Waals surface area contributed by atoms with Gasteiger partial charge in [0.05, 0.1) is 0 Å². The number of aromatic hydroxyl groups is 1. The Hall–Kier alpha value is -0.540. The van der Waals surface area contributed by atoms with Crippen molar-refractivity contribution >= 4 is 17.0 Å². The van der Waals surface area contributed by atoms with E-state index in [-0.39, 0.29) is 22.4 Å². The van der Waals surface area contributed by atoms with Crippen LogP contribution >= 0.6 is 17.0 Å². The Kier molecular flexibility index (Phi) is 6.34. The molecule has 1 aromatic carbocycles. The molecule has 0 radical (unpaired) electrons. The molecule has 0 aromatic heterocycles. The zero-order chi connectivity index (χ0) is 13.0. The van der Waals surface area contributed by atoms with Crippen molar-refractivity contribution in [2.75, 3.05) is 19.6 Å². The van der Waals surface area contributed by atoms with Gasteiger partial charge in [0.2, 0.25) is 0 Å². The van der Waals surface area contributed by atoms with Crippen molar-refractivity contribution in [1.82, 2.24) is 4.90 Å². The van der Waals surface area contributed by atoms with Gasteiger partial charge in [0.25, 0.3) is 0 Å². The normalized spacial score (nSPS) is 23.9.